The second kappa shape index (κ2) is 3.66. The van der Waals surface area contributed by atoms with Crippen molar-refractivity contribution in [3.63, 3.8) is 0 Å². The molecule has 6 heteroatoms. The molecule has 0 aromatic heterocycles. The molecule has 2 nitrogen and oxygen atoms in total. The Bertz CT molecular complexity index is 523. The molecule has 1 aromatic rings. The zero-order valence-corrected chi connectivity index (χ0v) is 10.1. The lowest BCUT2D eigenvalue weighted by atomic mass is 9.83. The molecule has 1 saturated carbocycles. The van der Waals surface area contributed by atoms with Gasteiger partial charge in [-0.25, -0.2) is 0 Å². The molecule has 0 saturated heterocycles. The number of hydrogen-bond acceptors (Lipinski definition) is 2. The van der Waals surface area contributed by atoms with Crippen molar-refractivity contribution >= 4 is 23.4 Å². The van der Waals surface area contributed by atoms with E-state index in [-0.39, 0.29) is 11.6 Å². The summed E-state index contributed by atoms with van der Waals surface area (Å²) in [6.07, 6.45) is -2.02. The maximum absolute atomic E-state index is 12.8. The Morgan fingerprint density at radius 3 is 2.56 bits per heavy atom. The Kier molecular flexibility index (Phi) is 2.42. The number of halogens is 3. The first-order valence-electron chi connectivity index (χ1n) is 5.63. The Morgan fingerprint density at radius 2 is 2.00 bits per heavy atom. The summed E-state index contributed by atoms with van der Waals surface area (Å²) in [5.74, 6) is -0.289. The number of nitrogens with one attached hydrogen (secondary N) is 1. The highest BCUT2D eigenvalue weighted by atomic mass is 32.2. The molecule has 1 spiro atoms. The van der Waals surface area contributed by atoms with Gasteiger partial charge in [-0.05, 0) is 31.4 Å². The van der Waals surface area contributed by atoms with E-state index in [4.69, 9.17) is 0 Å². The second-order valence-electron chi connectivity index (χ2n) is 4.58. The van der Waals surface area contributed by atoms with Gasteiger partial charge in [0.25, 0.3) is 0 Å². The molecule has 96 valence electrons. The van der Waals surface area contributed by atoms with Gasteiger partial charge in [0.1, 0.15) is 0 Å². The zero-order chi connectivity index (χ0) is 13.0. The molecular weight excluding hydrogens is 263 g/mol. The molecule has 0 radical (unpaired) electrons. The number of hydrogen-bond donors (Lipinski definition) is 1. The normalized spacial score (nSPS) is 21.2. The largest absolute Gasteiger partial charge is 0.418 e. The average Bonchev–Trinajstić information content (AvgIpc) is 2.23. The van der Waals surface area contributed by atoms with E-state index in [2.05, 4.69) is 5.32 Å². The van der Waals surface area contributed by atoms with Crippen LogP contribution >= 0.6 is 11.8 Å². The topological polar surface area (TPSA) is 29.1 Å². The summed E-state index contributed by atoms with van der Waals surface area (Å²) in [4.78, 5) is 12.5. The van der Waals surface area contributed by atoms with E-state index in [1.165, 1.54) is 17.8 Å². The van der Waals surface area contributed by atoms with E-state index in [0.717, 1.165) is 25.3 Å². The summed E-state index contributed by atoms with van der Waals surface area (Å²) in [5.41, 5.74) is -0.854. The molecule has 2 aliphatic rings. The number of alkyl halides is 3. The van der Waals surface area contributed by atoms with Crippen LogP contribution in [0, 0.1) is 0 Å². The molecular formula is C12H10F3NOS. The quantitative estimate of drug-likeness (QED) is 0.781. The van der Waals surface area contributed by atoms with Gasteiger partial charge in [0.05, 0.1) is 16.0 Å². The van der Waals surface area contributed by atoms with Gasteiger partial charge in [-0.2, -0.15) is 13.2 Å². The van der Waals surface area contributed by atoms with Crippen LogP contribution in [0.15, 0.2) is 23.1 Å². The summed E-state index contributed by atoms with van der Waals surface area (Å²) in [7, 11) is 0. The third-order valence-corrected chi connectivity index (χ3v) is 5.00. The number of anilines is 1. The highest BCUT2D eigenvalue weighted by Crippen LogP contribution is 2.54. The third kappa shape index (κ3) is 1.62. The number of thioether (sulfide) groups is 1. The van der Waals surface area contributed by atoms with Crippen LogP contribution < -0.4 is 5.32 Å². The summed E-state index contributed by atoms with van der Waals surface area (Å²) in [6, 6.07) is 4.02. The molecule has 1 aliphatic carbocycles. The van der Waals surface area contributed by atoms with Crippen LogP contribution in [0.25, 0.3) is 0 Å². The fraction of sp³-hybridized carbons (Fsp3) is 0.417. The van der Waals surface area contributed by atoms with Gasteiger partial charge in [0, 0.05) is 4.90 Å². The molecule has 1 aliphatic heterocycles. The Balaban J connectivity index is 2.07. The number of amides is 1. The Labute approximate surface area is 106 Å². The fourth-order valence-corrected chi connectivity index (χ4v) is 3.76. The Morgan fingerprint density at radius 1 is 1.28 bits per heavy atom. The zero-order valence-electron chi connectivity index (χ0n) is 9.30. The number of para-hydroxylation sites is 1. The molecule has 0 bridgehead atoms. The highest BCUT2D eigenvalue weighted by Gasteiger charge is 2.49. The molecule has 1 N–H and O–H groups in total. The van der Waals surface area contributed by atoms with Crippen molar-refractivity contribution in [3.8, 4) is 0 Å². The van der Waals surface area contributed by atoms with Gasteiger partial charge in [0.15, 0.2) is 0 Å². The maximum atomic E-state index is 12.8. The number of carbonyl (C=O) groups is 1. The van der Waals surface area contributed by atoms with E-state index in [9.17, 15) is 18.0 Å². The van der Waals surface area contributed by atoms with Crippen molar-refractivity contribution in [2.75, 3.05) is 5.32 Å². The predicted octanol–water partition coefficient (Wildman–Crippen LogP) is 3.67. The summed E-state index contributed by atoms with van der Waals surface area (Å²) >= 11 is 1.27. The molecule has 1 aromatic carbocycles. The summed E-state index contributed by atoms with van der Waals surface area (Å²) in [5, 5.41) is 2.45. The number of carbonyl (C=O) groups excluding carboxylic acids is 1. The molecule has 0 unspecified atom stereocenters. The van der Waals surface area contributed by atoms with E-state index in [1.807, 2.05) is 0 Å². The average molecular weight is 273 g/mol. The van der Waals surface area contributed by atoms with Crippen molar-refractivity contribution < 1.29 is 18.0 Å². The number of rotatable bonds is 0. The van der Waals surface area contributed by atoms with Crippen LogP contribution in [-0.4, -0.2) is 10.7 Å². The minimum absolute atomic E-state index is 0.0856. The van der Waals surface area contributed by atoms with Gasteiger partial charge in [0.2, 0.25) is 5.91 Å². The minimum Gasteiger partial charge on any atom is -0.323 e. The first-order chi connectivity index (χ1) is 8.42. The second-order valence-corrected chi connectivity index (χ2v) is 6.01. The summed E-state index contributed by atoms with van der Waals surface area (Å²) < 4.78 is 38.0. The number of benzene rings is 1. The lowest BCUT2D eigenvalue weighted by Crippen LogP contribution is -2.48. The molecule has 1 fully saturated rings. The molecule has 3 rings (SSSR count). The van der Waals surface area contributed by atoms with Crippen molar-refractivity contribution in [1.82, 2.24) is 0 Å². The first-order valence-corrected chi connectivity index (χ1v) is 6.45. The van der Waals surface area contributed by atoms with Crippen LogP contribution in [0.2, 0.25) is 0 Å². The SMILES string of the molecule is O=C1Nc2c(cccc2C(F)(F)F)SC12CCC2. The highest BCUT2D eigenvalue weighted by molar-refractivity contribution is 8.01. The lowest BCUT2D eigenvalue weighted by molar-refractivity contribution is -0.137. The van der Waals surface area contributed by atoms with Crippen LogP contribution in [-0.2, 0) is 11.0 Å². The van der Waals surface area contributed by atoms with Gasteiger partial charge >= 0.3 is 6.18 Å². The van der Waals surface area contributed by atoms with Crippen molar-refractivity contribution in [2.24, 2.45) is 0 Å². The lowest BCUT2D eigenvalue weighted by Gasteiger charge is -2.43. The Hall–Kier alpha value is -1.17. The van der Waals surface area contributed by atoms with Crippen LogP contribution in [0.5, 0.6) is 0 Å². The fourth-order valence-electron chi connectivity index (χ4n) is 2.29. The first kappa shape index (κ1) is 11.9. The van der Waals surface area contributed by atoms with Gasteiger partial charge in [-0.1, -0.05) is 6.07 Å². The van der Waals surface area contributed by atoms with Gasteiger partial charge < -0.3 is 5.32 Å². The molecule has 1 heterocycles. The number of fused-ring (bicyclic) bond motifs is 1. The van der Waals surface area contributed by atoms with Gasteiger partial charge in [-0.15, -0.1) is 11.8 Å². The van der Waals surface area contributed by atoms with Crippen molar-refractivity contribution in [3.05, 3.63) is 23.8 Å². The monoisotopic (exact) mass is 273 g/mol. The van der Waals surface area contributed by atoms with Crippen LogP contribution in [0.1, 0.15) is 24.8 Å². The van der Waals surface area contributed by atoms with E-state index in [0.29, 0.717) is 4.90 Å². The van der Waals surface area contributed by atoms with Crippen molar-refractivity contribution in [2.45, 2.75) is 35.1 Å². The van der Waals surface area contributed by atoms with E-state index >= 15 is 0 Å². The summed E-state index contributed by atoms with van der Waals surface area (Å²) in [6.45, 7) is 0. The third-order valence-electron chi connectivity index (χ3n) is 3.45. The predicted molar refractivity (Wildman–Crippen MR) is 62.5 cm³/mol. The smallest absolute Gasteiger partial charge is 0.323 e. The standard InChI is InChI=1S/C12H10F3NOS/c13-12(14,15)7-3-1-4-8-9(7)16-10(17)11(18-8)5-2-6-11/h1,3-4H,2,5-6H2,(H,16,17). The van der Waals surface area contributed by atoms with Crippen LogP contribution in [0.3, 0.4) is 0 Å². The molecule has 1 amide bonds. The van der Waals surface area contributed by atoms with Gasteiger partial charge in [-0.3, -0.25) is 4.79 Å². The van der Waals surface area contributed by atoms with E-state index < -0.39 is 16.5 Å². The van der Waals surface area contributed by atoms with Crippen LogP contribution in [0.4, 0.5) is 18.9 Å². The van der Waals surface area contributed by atoms with E-state index in [1.54, 1.807) is 6.07 Å². The minimum atomic E-state index is -4.44. The van der Waals surface area contributed by atoms with Crippen molar-refractivity contribution in [1.29, 1.82) is 0 Å². The molecule has 18 heavy (non-hydrogen) atoms. The maximum Gasteiger partial charge on any atom is 0.418 e. The molecule has 0 atom stereocenters.